The van der Waals surface area contributed by atoms with Crippen LogP contribution in [-0.4, -0.2) is 16.0 Å². The Morgan fingerprint density at radius 2 is 1.74 bits per heavy atom. The molecule has 1 aromatic carbocycles. The lowest BCUT2D eigenvalue weighted by molar-refractivity contribution is -0.141. The summed E-state index contributed by atoms with van der Waals surface area (Å²) in [4.78, 5) is 7.51. The predicted molar refractivity (Wildman–Crippen MR) is 85.5 cm³/mol. The lowest BCUT2D eigenvalue weighted by Gasteiger charge is -2.14. The fourth-order valence-electron chi connectivity index (χ4n) is 1.70. The molecule has 0 aliphatic rings. The highest BCUT2D eigenvalue weighted by molar-refractivity contribution is 6.42. The minimum Gasteiger partial charge on any atom is -0.352 e. The highest BCUT2D eigenvalue weighted by Crippen LogP contribution is 2.31. The van der Waals surface area contributed by atoms with E-state index in [0.29, 0.717) is 10.7 Å². The van der Waals surface area contributed by atoms with E-state index in [0.717, 1.165) is 6.07 Å². The molecule has 1 heterocycles. The minimum absolute atomic E-state index is 0.00568. The zero-order chi connectivity index (χ0) is 17.2. The first-order chi connectivity index (χ1) is 10.6. The molecule has 0 fully saturated rings. The first kappa shape index (κ1) is 17.6. The van der Waals surface area contributed by atoms with E-state index in [9.17, 15) is 13.2 Å². The molecule has 0 spiro atoms. The smallest absolute Gasteiger partial charge is 0.352 e. The summed E-state index contributed by atoms with van der Waals surface area (Å²) in [6.45, 7) is 3.55. The van der Waals surface area contributed by atoms with Gasteiger partial charge >= 0.3 is 6.18 Å². The summed E-state index contributed by atoms with van der Waals surface area (Å²) in [5.41, 5.74) is -0.583. The topological polar surface area (TPSA) is 49.8 Å². The summed E-state index contributed by atoms with van der Waals surface area (Å²) in [6, 6.07) is 5.32. The predicted octanol–water partition coefficient (Wildman–Crippen LogP) is 5.37. The average molecular weight is 365 g/mol. The number of halogens is 5. The Balaban J connectivity index is 2.37. The maximum absolute atomic E-state index is 13.0. The molecule has 124 valence electrons. The molecule has 0 bridgehead atoms. The van der Waals surface area contributed by atoms with Gasteiger partial charge in [0.15, 0.2) is 5.69 Å². The molecule has 0 unspecified atom stereocenters. The van der Waals surface area contributed by atoms with Gasteiger partial charge in [0.05, 0.1) is 10.0 Å². The van der Waals surface area contributed by atoms with Crippen LogP contribution in [0.3, 0.4) is 0 Å². The Morgan fingerprint density at radius 1 is 1.04 bits per heavy atom. The van der Waals surface area contributed by atoms with Gasteiger partial charge in [-0.3, -0.25) is 0 Å². The number of anilines is 3. The largest absolute Gasteiger partial charge is 0.433 e. The first-order valence-corrected chi connectivity index (χ1v) is 7.35. The second kappa shape index (κ2) is 6.80. The van der Waals surface area contributed by atoms with Crippen LogP contribution in [0.4, 0.5) is 30.6 Å². The third kappa shape index (κ3) is 4.87. The third-order valence-corrected chi connectivity index (χ3v) is 3.37. The van der Waals surface area contributed by atoms with E-state index in [2.05, 4.69) is 20.6 Å². The summed E-state index contributed by atoms with van der Waals surface area (Å²) in [6.07, 6.45) is -4.58. The number of benzene rings is 1. The zero-order valence-corrected chi connectivity index (χ0v) is 13.7. The van der Waals surface area contributed by atoms with E-state index in [4.69, 9.17) is 23.2 Å². The van der Waals surface area contributed by atoms with Crippen molar-refractivity contribution in [1.82, 2.24) is 9.97 Å². The van der Waals surface area contributed by atoms with Gasteiger partial charge in [-0.05, 0) is 32.0 Å². The SMILES string of the molecule is CC(C)Nc1nc(Nc2ccc(Cl)c(Cl)c2)cc(C(F)(F)F)n1. The Hall–Kier alpha value is -1.73. The van der Waals surface area contributed by atoms with Crippen molar-refractivity contribution in [2.24, 2.45) is 0 Å². The van der Waals surface area contributed by atoms with E-state index in [1.54, 1.807) is 19.9 Å². The number of hydrogen-bond donors (Lipinski definition) is 2. The Kier molecular flexibility index (Phi) is 5.21. The van der Waals surface area contributed by atoms with Crippen LogP contribution in [0.2, 0.25) is 10.0 Å². The number of alkyl halides is 3. The molecule has 2 rings (SSSR count). The molecule has 0 amide bonds. The molecule has 9 heteroatoms. The summed E-state index contributed by atoms with van der Waals surface area (Å²) >= 11 is 11.7. The summed E-state index contributed by atoms with van der Waals surface area (Å²) in [7, 11) is 0. The normalized spacial score (nSPS) is 11.7. The maximum Gasteiger partial charge on any atom is 0.433 e. The molecule has 0 atom stereocenters. The van der Waals surface area contributed by atoms with Gasteiger partial charge < -0.3 is 10.6 Å². The van der Waals surface area contributed by atoms with E-state index in [1.165, 1.54) is 12.1 Å². The van der Waals surface area contributed by atoms with Gasteiger partial charge in [-0.15, -0.1) is 0 Å². The van der Waals surface area contributed by atoms with Gasteiger partial charge in [0.2, 0.25) is 5.95 Å². The van der Waals surface area contributed by atoms with Gasteiger partial charge in [-0.25, -0.2) is 4.98 Å². The lowest BCUT2D eigenvalue weighted by Crippen LogP contribution is -2.17. The molecule has 1 aromatic heterocycles. The average Bonchev–Trinajstić information content (AvgIpc) is 2.41. The summed E-state index contributed by atoms with van der Waals surface area (Å²) in [5.74, 6) is -0.119. The molecule has 2 aromatic rings. The highest BCUT2D eigenvalue weighted by atomic mass is 35.5. The van der Waals surface area contributed by atoms with Crippen LogP contribution < -0.4 is 10.6 Å². The summed E-state index contributed by atoms with van der Waals surface area (Å²) < 4.78 is 38.9. The van der Waals surface area contributed by atoms with Crippen molar-refractivity contribution in [1.29, 1.82) is 0 Å². The number of hydrogen-bond acceptors (Lipinski definition) is 4. The van der Waals surface area contributed by atoms with Gasteiger partial charge in [0, 0.05) is 17.8 Å². The van der Waals surface area contributed by atoms with Crippen LogP contribution >= 0.6 is 23.2 Å². The molecule has 0 radical (unpaired) electrons. The minimum atomic E-state index is -4.58. The van der Waals surface area contributed by atoms with Crippen LogP contribution in [0, 0.1) is 0 Å². The lowest BCUT2D eigenvalue weighted by atomic mass is 10.3. The highest BCUT2D eigenvalue weighted by Gasteiger charge is 2.33. The maximum atomic E-state index is 13.0. The Bertz CT molecular complexity index is 705. The van der Waals surface area contributed by atoms with Crippen LogP contribution in [0.5, 0.6) is 0 Å². The van der Waals surface area contributed by atoms with Crippen molar-refractivity contribution in [2.45, 2.75) is 26.1 Å². The van der Waals surface area contributed by atoms with Gasteiger partial charge in [0.25, 0.3) is 0 Å². The molecular weight excluding hydrogens is 352 g/mol. The van der Waals surface area contributed by atoms with Crippen molar-refractivity contribution in [3.63, 3.8) is 0 Å². The fourth-order valence-corrected chi connectivity index (χ4v) is 2.00. The monoisotopic (exact) mass is 364 g/mol. The second-order valence-corrected chi connectivity index (χ2v) is 5.83. The Labute approximate surface area is 141 Å². The van der Waals surface area contributed by atoms with E-state index < -0.39 is 11.9 Å². The van der Waals surface area contributed by atoms with Crippen LogP contribution in [-0.2, 0) is 6.18 Å². The van der Waals surface area contributed by atoms with Crippen LogP contribution in [0.1, 0.15) is 19.5 Å². The Morgan fingerprint density at radius 3 is 2.30 bits per heavy atom. The van der Waals surface area contributed by atoms with Gasteiger partial charge in [0.1, 0.15) is 5.82 Å². The van der Waals surface area contributed by atoms with Crippen LogP contribution in [0.25, 0.3) is 0 Å². The summed E-state index contributed by atoms with van der Waals surface area (Å²) in [5, 5.41) is 6.14. The van der Waals surface area contributed by atoms with Crippen molar-refractivity contribution in [3.05, 3.63) is 40.0 Å². The number of rotatable bonds is 4. The van der Waals surface area contributed by atoms with Crippen LogP contribution in [0.15, 0.2) is 24.3 Å². The molecule has 4 nitrogen and oxygen atoms in total. The molecule has 23 heavy (non-hydrogen) atoms. The quantitative estimate of drug-likeness (QED) is 0.765. The van der Waals surface area contributed by atoms with Gasteiger partial charge in [-0.1, -0.05) is 23.2 Å². The molecule has 0 aliphatic heterocycles. The molecule has 0 saturated heterocycles. The number of nitrogens with zero attached hydrogens (tertiary/aromatic N) is 2. The molecule has 0 aliphatic carbocycles. The van der Waals surface area contributed by atoms with Crippen molar-refractivity contribution in [2.75, 3.05) is 10.6 Å². The van der Waals surface area contributed by atoms with Crippen molar-refractivity contribution < 1.29 is 13.2 Å². The number of aromatic nitrogens is 2. The van der Waals surface area contributed by atoms with E-state index in [1.807, 2.05) is 0 Å². The van der Waals surface area contributed by atoms with Crippen molar-refractivity contribution in [3.8, 4) is 0 Å². The van der Waals surface area contributed by atoms with E-state index >= 15 is 0 Å². The molecule has 2 N–H and O–H groups in total. The van der Waals surface area contributed by atoms with E-state index in [-0.39, 0.29) is 22.8 Å². The van der Waals surface area contributed by atoms with Crippen molar-refractivity contribution >= 4 is 40.7 Å². The standard InChI is InChI=1S/C14H13Cl2F3N4/c1-7(2)20-13-22-11(14(17,18)19)6-12(23-13)21-8-3-4-9(15)10(16)5-8/h3-7H,1-2H3,(H2,20,21,22,23). The zero-order valence-electron chi connectivity index (χ0n) is 12.2. The van der Waals surface area contributed by atoms with Gasteiger partial charge in [-0.2, -0.15) is 18.2 Å². The number of nitrogens with one attached hydrogen (secondary N) is 2. The second-order valence-electron chi connectivity index (χ2n) is 5.01. The first-order valence-electron chi connectivity index (χ1n) is 6.60. The molecular formula is C14H13Cl2F3N4. The molecule has 0 saturated carbocycles. The fraction of sp³-hybridized carbons (Fsp3) is 0.286. The third-order valence-electron chi connectivity index (χ3n) is 2.63.